The summed E-state index contributed by atoms with van der Waals surface area (Å²) in [7, 11) is 0. The Balaban J connectivity index is 1.94. The number of carbonyl (C=O) groups excluding carboxylic acids is 1. The van der Waals surface area contributed by atoms with Crippen molar-refractivity contribution in [2.45, 2.75) is 25.2 Å². The lowest BCUT2D eigenvalue weighted by Crippen LogP contribution is -2.40. The van der Waals surface area contributed by atoms with Crippen molar-refractivity contribution in [2.75, 3.05) is 6.54 Å². The number of β-amino-alcohol motifs (C(OH)–C–C–N with tert-alkyl or cyclic N) is 1. The highest BCUT2D eigenvalue weighted by Gasteiger charge is 2.39. The second-order valence-corrected chi connectivity index (χ2v) is 4.44. The van der Waals surface area contributed by atoms with Gasteiger partial charge in [0.25, 0.3) is 0 Å². The Bertz CT molecular complexity index is 461. The molecule has 6 nitrogen and oxygen atoms in total. The molecule has 1 aromatic carbocycles. The summed E-state index contributed by atoms with van der Waals surface area (Å²) in [6, 6.07) is 8.09. The summed E-state index contributed by atoms with van der Waals surface area (Å²) in [6.07, 6.45) is -1.49. The Labute approximate surface area is 110 Å². The molecular weight excluding hydrogens is 250 g/mol. The average Bonchev–Trinajstić information content (AvgIpc) is 2.79. The van der Waals surface area contributed by atoms with Crippen molar-refractivity contribution in [3.05, 3.63) is 35.9 Å². The molecule has 2 atom stereocenters. The molecule has 2 N–H and O–H groups in total. The topological polar surface area (TPSA) is 87.1 Å². The van der Waals surface area contributed by atoms with E-state index in [2.05, 4.69) is 0 Å². The van der Waals surface area contributed by atoms with Crippen LogP contribution >= 0.6 is 0 Å². The van der Waals surface area contributed by atoms with Crippen molar-refractivity contribution in [2.24, 2.45) is 0 Å². The molecule has 1 saturated heterocycles. The minimum Gasteiger partial charge on any atom is -0.480 e. The van der Waals surface area contributed by atoms with Gasteiger partial charge in [-0.2, -0.15) is 0 Å². The summed E-state index contributed by atoms with van der Waals surface area (Å²) in [4.78, 5) is 23.8. The van der Waals surface area contributed by atoms with Crippen molar-refractivity contribution in [3.63, 3.8) is 0 Å². The molecule has 0 radical (unpaired) electrons. The fraction of sp³-hybridized carbons (Fsp3) is 0.385. The Hall–Kier alpha value is -2.08. The Kier molecular flexibility index (Phi) is 4.01. The Morgan fingerprint density at radius 2 is 2.00 bits per heavy atom. The van der Waals surface area contributed by atoms with E-state index in [4.69, 9.17) is 9.84 Å². The van der Waals surface area contributed by atoms with E-state index in [1.165, 1.54) is 0 Å². The van der Waals surface area contributed by atoms with Gasteiger partial charge in [-0.15, -0.1) is 0 Å². The van der Waals surface area contributed by atoms with E-state index >= 15 is 0 Å². The van der Waals surface area contributed by atoms with Gasteiger partial charge in [0.2, 0.25) is 0 Å². The summed E-state index contributed by atoms with van der Waals surface area (Å²) in [5, 5.41) is 18.4. The zero-order chi connectivity index (χ0) is 13.8. The highest BCUT2D eigenvalue weighted by atomic mass is 16.6. The van der Waals surface area contributed by atoms with Gasteiger partial charge in [-0.25, -0.2) is 9.59 Å². The third kappa shape index (κ3) is 3.23. The van der Waals surface area contributed by atoms with Crippen LogP contribution in [0.4, 0.5) is 4.79 Å². The summed E-state index contributed by atoms with van der Waals surface area (Å²) < 4.78 is 5.05. The van der Waals surface area contributed by atoms with Crippen LogP contribution in [0, 0.1) is 0 Å². The number of rotatable bonds is 3. The zero-order valence-corrected chi connectivity index (χ0v) is 10.2. The van der Waals surface area contributed by atoms with Crippen LogP contribution in [0.1, 0.15) is 12.0 Å². The smallest absolute Gasteiger partial charge is 0.410 e. The number of carboxylic acids is 1. The molecule has 1 heterocycles. The molecule has 19 heavy (non-hydrogen) atoms. The molecule has 1 amide bonds. The van der Waals surface area contributed by atoms with Gasteiger partial charge in [0.15, 0.2) is 0 Å². The van der Waals surface area contributed by atoms with Crippen molar-refractivity contribution < 1.29 is 24.5 Å². The molecule has 0 saturated carbocycles. The number of amides is 1. The standard InChI is InChI=1S/C13H15NO5/c15-10-6-11(12(16)17)14(7-10)13(18)19-8-9-4-2-1-3-5-9/h1-5,10-11,15H,6-8H2,(H,16,17)/t10-,11?/m1/s1. The molecule has 0 aliphatic carbocycles. The number of carbonyl (C=O) groups is 2. The molecule has 1 fully saturated rings. The predicted molar refractivity (Wildman–Crippen MR) is 65.4 cm³/mol. The third-order valence-corrected chi connectivity index (χ3v) is 3.00. The van der Waals surface area contributed by atoms with Crippen LogP contribution in [-0.2, 0) is 16.1 Å². The van der Waals surface area contributed by atoms with E-state index in [0.29, 0.717) is 0 Å². The highest BCUT2D eigenvalue weighted by Crippen LogP contribution is 2.19. The van der Waals surface area contributed by atoms with Crippen LogP contribution in [-0.4, -0.2) is 45.9 Å². The second kappa shape index (κ2) is 5.71. The summed E-state index contributed by atoms with van der Waals surface area (Å²) in [5.41, 5.74) is 0.822. The number of hydrogen-bond donors (Lipinski definition) is 2. The number of carboxylic acid groups (broad SMARTS) is 1. The van der Waals surface area contributed by atoms with Gasteiger partial charge in [-0.1, -0.05) is 30.3 Å². The van der Waals surface area contributed by atoms with Gasteiger partial charge < -0.3 is 14.9 Å². The van der Waals surface area contributed by atoms with Crippen molar-refractivity contribution >= 4 is 12.1 Å². The maximum Gasteiger partial charge on any atom is 0.410 e. The number of aliphatic hydroxyl groups is 1. The first-order valence-electron chi connectivity index (χ1n) is 5.96. The Morgan fingerprint density at radius 1 is 1.32 bits per heavy atom. The van der Waals surface area contributed by atoms with Crippen molar-refractivity contribution in [1.82, 2.24) is 4.90 Å². The lowest BCUT2D eigenvalue weighted by Gasteiger charge is -2.20. The summed E-state index contributed by atoms with van der Waals surface area (Å²) >= 11 is 0. The number of hydrogen-bond acceptors (Lipinski definition) is 4. The summed E-state index contributed by atoms with van der Waals surface area (Å²) in [5.74, 6) is -1.13. The third-order valence-electron chi connectivity index (χ3n) is 3.00. The monoisotopic (exact) mass is 265 g/mol. The minimum atomic E-state index is -1.13. The predicted octanol–water partition coefficient (Wildman–Crippen LogP) is 0.843. The van der Waals surface area contributed by atoms with Crippen LogP contribution in [0.15, 0.2) is 30.3 Å². The Morgan fingerprint density at radius 3 is 2.63 bits per heavy atom. The minimum absolute atomic E-state index is 0.00934. The SMILES string of the molecule is O=C(O)C1C[C@@H](O)CN1C(=O)OCc1ccccc1. The van der Waals surface area contributed by atoms with Crippen molar-refractivity contribution in [1.29, 1.82) is 0 Å². The fourth-order valence-electron chi connectivity index (χ4n) is 2.05. The van der Waals surface area contributed by atoms with E-state index < -0.39 is 24.2 Å². The fourth-order valence-corrected chi connectivity index (χ4v) is 2.05. The molecule has 1 unspecified atom stereocenters. The van der Waals surface area contributed by atoms with E-state index in [1.54, 1.807) is 12.1 Å². The van der Waals surface area contributed by atoms with Crippen LogP contribution < -0.4 is 0 Å². The molecule has 0 spiro atoms. The molecule has 1 aliphatic heterocycles. The quantitative estimate of drug-likeness (QED) is 0.845. The first-order valence-corrected chi connectivity index (χ1v) is 5.96. The normalized spacial score (nSPS) is 22.3. The van der Waals surface area contributed by atoms with E-state index in [1.807, 2.05) is 18.2 Å². The zero-order valence-electron chi connectivity index (χ0n) is 10.2. The molecule has 2 rings (SSSR count). The lowest BCUT2D eigenvalue weighted by molar-refractivity contribution is -0.141. The van der Waals surface area contributed by atoms with Gasteiger partial charge in [-0.05, 0) is 5.56 Å². The van der Waals surface area contributed by atoms with Crippen LogP contribution in [0.5, 0.6) is 0 Å². The maximum atomic E-state index is 11.8. The molecular formula is C13H15NO5. The van der Waals surface area contributed by atoms with Gasteiger partial charge in [0, 0.05) is 6.42 Å². The van der Waals surface area contributed by atoms with Crippen LogP contribution in [0.25, 0.3) is 0 Å². The molecule has 0 aromatic heterocycles. The maximum absolute atomic E-state index is 11.8. The van der Waals surface area contributed by atoms with Gasteiger partial charge in [0.1, 0.15) is 12.6 Å². The number of likely N-dealkylation sites (tertiary alicyclic amines) is 1. The lowest BCUT2D eigenvalue weighted by atomic mass is 10.2. The summed E-state index contributed by atoms with van der Waals surface area (Å²) in [6.45, 7) is 0.0726. The molecule has 1 aromatic rings. The second-order valence-electron chi connectivity index (χ2n) is 4.44. The van der Waals surface area contributed by atoms with Crippen LogP contribution in [0.2, 0.25) is 0 Å². The van der Waals surface area contributed by atoms with Crippen LogP contribution in [0.3, 0.4) is 0 Å². The largest absolute Gasteiger partial charge is 0.480 e. The van der Waals surface area contributed by atoms with Gasteiger partial charge in [-0.3, -0.25) is 4.90 Å². The number of benzene rings is 1. The number of aliphatic hydroxyl groups excluding tert-OH is 1. The van der Waals surface area contributed by atoms with Gasteiger partial charge in [0.05, 0.1) is 12.6 Å². The van der Waals surface area contributed by atoms with E-state index in [-0.39, 0.29) is 19.6 Å². The van der Waals surface area contributed by atoms with Crippen molar-refractivity contribution in [3.8, 4) is 0 Å². The van der Waals surface area contributed by atoms with Gasteiger partial charge >= 0.3 is 12.1 Å². The highest BCUT2D eigenvalue weighted by molar-refractivity contribution is 5.80. The molecule has 1 aliphatic rings. The van der Waals surface area contributed by atoms with E-state index in [0.717, 1.165) is 10.5 Å². The average molecular weight is 265 g/mol. The number of aliphatic carboxylic acids is 1. The number of ether oxygens (including phenoxy) is 1. The first-order chi connectivity index (χ1) is 9.08. The molecule has 102 valence electrons. The number of nitrogens with zero attached hydrogens (tertiary/aromatic N) is 1. The molecule has 6 heteroatoms. The first kappa shape index (κ1) is 13.4. The van der Waals surface area contributed by atoms with E-state index in [9.17, 15) is 14.7 Å². The molecule has 0 bridgehead atoms.